The number of hydrogen-bond donors (Lipinski definition) is 0. The minimum absolute atomic E-state index is 0.226. The first-order valence-corrected chi connectivity index (χ1v) is 10.3. The zero-order valence-corrected chi connectivity index (χ0v) is 17.2. The van der Waals surface area contributed by atoms with Crippen molar-refractivity contribution in [3.05, 3.63) is 108 Å². The molecular formula is C24H20FNO3S. The lowest BCUT2D eigenvalue weighted by molar-refractivity contribution is 0.0702. The van der Waals surface area contributed by atoms with Gasteiger partial charge in [0.05, 0.1) is 19.4 Å². The molecule has 4 rings (SSSR count). The van der Waals surface area contributed by atoms with Crippen LogP contribution in [0.25, 0.3) is 0 Å². The maximum atomic E-state index is 13.2. The molecule has 0 aliphatic carbocycles. The molecule has 4 aromatic rings. The van der Waals surface area contributed by atoms with E-state index in [1.807, 2.05) is 37.3 Å². The fraction of sp³-hybridized carbons (Fsp3) is 0.125. The van der Waals surface area contributed by atoms with Crippen LogP contribution in [0.4, 0.5) is 4.39 Å². The number of rotatable bonds is 7. The van der Waals surface area contributed by atoms with Crippen molar-refractivity contribution in [2.45, 2.75) is 30.0 Å². The van der Waals surface area contributed by atoms with Crippen molar-refractivity contribution in [2.75, 3.05) is 0 Å². The van der Waals surface area contributed by atoms with Gasteiger partial charge < -0.3 is 13.7 Å². The van der Waals surface area contributed by atoms with Crippen molar-refractivity contribution < 1.29 is 18.0 Å². The van der Waals surface area contributed by atoms with Crippen molar-refractivity contribution in [3.8, 4) is 0 Å². The molecule has 0 N–H and O–H groups in total. The topological polar surface area (TPSA) is 46.6 Å². The van der Waals surface area contributed by atoms with E-state index in [9.17, 15) is 9.18 Å². The maximum Gasteiger partial charge on any atom is 0.254 e. The second-order valence-electron chi connectivity index (χ2n) is 6.88. The number of hydrogen-bond acceptors (Lipinski definition) is 4. The molecule has 0 bridgehead atoms. The maximum absolute atomic E-state index is 13.2. The third-order valence-corrected chi connectivity index (χ3v) is 5.46. The summed E-state index contributed by atoms with van der Waals surface area (Å²) in [6.07, 6.45) is 1.57. The van der Waals surface area contributed by atoms with Crippen LogP contribution in [-0.4, -0.2) is 10.8 Å². The van der Waals surface area contributed by atoms with Crippen LogP contribution in [-0.2, 0) is 13.1 Å². The Hall–Kier alpha value is -3.25. The molecule has 30 heavy (non-hydrogen) atoms. The summed E-state index contributed by atoms with van der Waals surface area (Å²) in [5.74, 6) is 0.710. The van der Waals surface area contributed by atoms with Crippen LogP contribution in [0.3, 0.4) is 0 Å². The van der Waals surface area contributed by atoms with E-state index >= 15 is 0 Å². The van der Waals surface area contributed by atoms with E-state index in [-0.39, 0.29) is 24.8 Å². The summed E-state index contributed by atoms with van der Waals surface area (Å²) in [5.41, 5.74) is 1.61. The molecule has 1 amide bonds. The Morgan fingerprint density at radius 1 is 0.933 bits per heavy atom. The Kier molecular flexibility index (Phi) is 6.05. The molecule has 0 fully saturated rings. The van der Waals surface area contributed by atoms with Crippen molar-refractivity contribution in [1.82, 2.24) is 4.90 Å². The molecule has 0 saturated carbocycles. The molecule has 2 aromatic heterocycles. The normalized spacial score (nSPS) is 10.9. The molecule has 0 unspecified atom stereocenters. The summed E-state index contributed by atoms with van der Waals surface area (Å²) in [5, 5.41) is 0.751. The summed E-state index contributed by atoms with van der Waals surface area (Å²) < 4.78 is 24.6. The van der Waals surface area contributed by atoms with Crippen molar-refractivity contribution in [1.29, 1.82) is 0 Å². The van der Waals surface area contributed by atoms with Gasteiger partial charge in [-0.15, -0.1) is 0 Å². The van der Waals surface area contributed by atoms with Gasteiger partial charge in [0.2, 0.25) is 0 Å². The predicted molar refractivity (Wildman–Crippen MR) is 113 cm³/mol. The zero-order valence-electron chi connectivity index (χ0n) is 16.4. The number of furan rings is 2. The molecule has 2 aromatic carbocycles. The van der Waals surface area contributed by atoms with Crippen molar-refractivity contribution >= 4 is 17.7 Å². The largest absolute Gasteiger partial charge is 0.467 e. The van der Waals surface area contributed by atoms with E-state index in [4.69, 9.17) is 8.83 Å². The van der Waals surface area contributed by atoms with Crippen LogP contribution >= 0.6 is 11.8 Å². The van der Waals surface area contributed by atoms with Crippen molar-refractivity contribution in [3.63, 3.8) is 0 Å². The molecule has 2 heterocycles. The Balaban J connectivity index is 1.51. The zero-order chi connectivity index (χ0) is 20.9. The monoisotopic (exact) mass is 421 g/mol. The second-order valence-corrected chi connectivity index (χ2v) is 7.96. The quantitative estimate of drug-likeness (QED) is 0.351. The Morgan fingerprint density at radius 3 is 2.37 bits per heavy atom. The second kappa shape index (κ2) is 9.05. The van der Waals surface area contributed by atoms with Gasteiger partial charge in [-0.25, -0.2) is 4.39 Å². The van der Waals surface area contributed by atoms with E-state index in [1.165, 1.54) is 41.6 Å². The lowest BCUT2D eigenvalue weighted by atomic mass is 10.2. The highest BCUT2D eigenvalue weighted by molar-refractivity contribution is 7.99. The molecule has 0 atom stereocenters. The number of carbonyl (C=O) groups is 1. The van der Waals surface area contributed by atoms with E-state index in [0.717, 1.165) is 9.99 Å². The summed E-state index contributed by atoms with van der Waals surface area (Å²) in [6, 6.07) is 21.1. The fourth-order valence-corrected chi connectivity index (χ4v) is 3.76. The SMILES string of the molecule is Cc1ccc(Sc2ccc(CN(Cc3ccco3)C(=O)c3ccc(F)cc3)o2)cc1. The number of nitrogens with zero attached hydrogens (tertiary/aromatic N) is 1. The molecule has 0 aliphatic heterocycles. The highest BCUT2D eigenvalue weighted by Gasteiger charge is 2.19. The number of halogens is 1. The lowest BCUT2D eigenvalue weighted by Crippen LogP contribution is -2.29. The average molecular weight is 421 g/mol. The molecule has 0 saturated heterocycles. The Bertz CT molecular complexity index is 1100. The van der Waals surface area contributed by atoms with E-state index in [2.05, 4.69) is 12.1 Å². The van der Waals surface area contributed by atoms with E-state index in [1.54, 1.807) is 17.2 Å². The van der Waals surface area contributed by atoms with Crippen LogP contribution in [0.2, 0.25) is 0 Å². The summed E-state index contributed by atoms with van der Waals surface area (Å²) in [4.78, 5) is 15.7. The third-order valence-electron chi connectivity index (χ3n) is 4.53. The van der Waals surface area contributed by atoms with Gasteiger partial charge in [0.25, 0.3) is 5.91 Å². The highest BCUT2D eigenvalue weighted by Crippen LogP contribution is 2.30. The van der Waals surface area contributed by atoms with Crippen LogP contribution in [0.15, 0.2) is 97.9 Å². The van der Waals surface area contributed by atoms with Gasteiger partial charge in [0.15, 0.2) is 5.09 Å². The summed E-state index contributed by atoms with van der Waals surface area (Å²) in [6.45, 7) is 2.60. The van der Waals surface area contributed by atoms with Crippen LogP contribution in [0.1, 0.15) is 27.4 Å². The molecule has 4 nitrogen and oxygen atoms in total. The molecule has 152 valence electrons. The van der Waals surface area contributed by atoms with Gasteiger partial charge in [-0.1, -0.05) is 29.5 Å². The van der Waals surface area contributed by atoms with Crippen molar-refractivity contribution in [2.24, 2.45) is 0 Å². The van der Waals surface area contributed by atoms with Crippen LogP contribution < -0.4 is 0 Å². The van der Waals surface area contributed by atoms with Gasteiger partial charge in [-0.2, -0.15) is 0 Å². The number of benzene rings is 2. The van der Waals surface area contributed by atoms with E-state index in [0.29, 0.717) is 17.1 Å². The van der Waals surface area contributed by atoms with Crippen LogP contribution in [0, 0.1) is 12.7 Å². The van der Waals surface area contributed by atoms with Crippen LogP contribution in [0.5, 0.6) is 0 Å². The predicted octanol–water partition coefficient (Wildman–Crippen LogP) is 6.31. The lowest BCUT2D eigenvalue weighted by Gasteiger charge is -2.20. The first-order valence-electron chi connectivity index (χ1n) is 9.47. The van der Waals surface area contributed by atoms with E-state index < -0.39 is 0 Å². The average Bonchev–Trinajstić information content (AvgIpc) is 3.41. The first kappa shape index (κ1) is 20.0. The minimum atomic E-state index is -0.382. The van der Waals surface area contributed by atoms with Gasteiger partial charge >= 0.3 is 0 Å². The summed E-state index contributed by atoms with van der Waals surface area (Å²) in [7, 11) is 0. The van der Waals surface area contributed by atoms with Gasteiger partial charge in [-0.05, 0) is 67.6 Å². The standard InChI is InChI=1S/C24H20FNO3S/c1-17-4-11-22(12-5-17)30-23-13-10-21(29-23)16-26(15-20-3-2-14-28-20)24(27)18-6-8-19(25)9-7-18/h2-14H,15-16H2,1H3. The van der Waals surface area contributed by atoms with Gasteiger partial charge in [0.1, 0.15) is 17.3 Å². The fourth-order valence-electron chi connectivity index (χ4n) is 2.97. The smallest absolute Gasteiger partial charge is 0.254 e. The Labute approximate surface area is 178 Å². The molecule has 0 spiro atoms. The first-order chi connectivity index (χ1) is 14.6. The molecule has 0 aliphatic rings. The summed E-state index contributed by atoms with van der Waals surface area (Å²) >= 11 is 1.53. The molecule has 6 heteroatoms. The minimum Gasteiger partial charge on any atom is -0.467 e. The highest BCUT2D eigenvalue weighted by atomic mass is 32.2. The number of carbonyl (C=O) groups excluding carboxylic acids is 1. The molecule has 0 radical (unpaired) electrons. The van der Waals surface area contributed by atoms with Gasteiger partial charge in [0, 0.05) is 10.5 Å². The van der Waals surface area contributed by atoms with Gasteiger partial charge in [-0.3, -0.25) is 4.79 Å². The number of aryl methyl sites for hydroxylation is 1. The number of amides is 1. The third kappa shape index (κ3) is 5.02. The molecular weight excluding hydrogens is 401 g/mol. The Morgan fingerprint density at radius 2 is 1.67 bits per heavy atom.